The second kappa shape index (κ2) is 7.12. The number of piperidine rings is 1. The first kappa shape index (κ1) is 14.6. The van der Waals surface area contributed by atoms with Crippen molar-refractivity contribution in [2.75, 3.05) is 26.2 Å². The third-order valence-corrected chi connectivity index (χ3v) is 5.31. The second-order valence-corrected chi connectivity index (χ2v) is 6.44. The van der Waals surface area contributed by atoms with Crippen molar-refractivity contribution >= 4 is 12.4 Å². The van der Waals surface area contributed by atoms with E-state index in [9.17, 15) is 0 Å². The summed E-state index contributed by atoms with van der Waals surface area (Å²) in [6, 6.07) is 0.965. The minimum absolute atomic E-state index is 0. The summed E-state index contributed by atoms with van der Waals surface area (Å²) in [6.07, 6.45) is 11.8. The van der Waals surface area contributed by atoms with Gasteiger partial charge in [-0.1, -0.05) is 12.8 Å². The maximum atomic E-state index is 3.49. The molecule has 3 rings (SSSR count). The van der Waals surface area contributed by atoms with Gasteiger partial charge < -0.3 is 5.32 Å². The van der Waals surface area contributed by atoms with Crippen molar-refractivity contribution in [2.45, 2.75) is 57.4 Å². The molecule has 1 aliphatic carbocycles. The molecule has 3 aliphatic rings. The van der Waals surface area contributed by atoms with Crippen LogP contribution in [0.3, 0.4) is 0 Å². The molecule has 2 heterocycles. The maximum Gasteiger partial charge on any atom is 0.0124 e. The highest BCUT2D eigenvalue weighted by atomic mass is 35.5. The fourth-order valence-electron chi connectivity index (χ4n) is 4.35. The van der Waals surface area contributed by atoms with Crippen molar-refractivity contribution in [1.82, 2.24) is 10.2 Å². The van der Waals surface area contributed by atoms with Crippen LogP contribution in [0.5, 0.6) is 0 Å². The highest BCUT2D eigenvalue weighted by Crippen LogP contribution is 2.36. The third kappa shape index (κ3) is 3.40. The van der Waals surface area contributed by atoms with Gasteiger partial charge >= 0.3 is 0 Å². The molecule has 0 spiro atoms. The lowest BCUT2D eigenvalue weighted by atomic mass is 9.93. The molecule has 1 unspecified atom stereocenters. The lowest BCUT2D eigenvalue weighted by Gasteiger charge is -2.34. The number of hydrogen-bond donors (Lipinski definition) is 1. The molecule has 1 N–H and O–H groups in total. The molecular weight excluding hydrogens is 244 g/mol. The van der Waals surface area contributed by atoms with Crippen LogP contribution in [0.15, 0.2) is 0 Å². The average Bonchev–Trinajstić information content (AvgIpc) is 3.00. The van der Waals surface area contributed by atoms with Crippen LogP contribution in [0.1, 0.15) is 51.4 Å². The van der Waals surface area contributed by atoms with Gasteiger partial charge in [-0.2, -0.15) is 0 Å². The van der Waals surface area contributed by atoms with E-state index >= 15 is 0 Å². The van der Waals surface area contributed by atoms with E-state index in [1.54, 1.807) is 0 Å². The van der Waals surface area contributed by atoms with Gasteiger partial charge in [-0.3, -0.25) is 4.90 Å². The van der Waals surface area contributed by atoms with Gasteiger partial charge in [0, 0.05) is 12.6 Å². The zero-order valence-corrected chi connectivity index (χ0v) is 12.4. The van der Waals surface area contributed by atoms with Gasteiger partial charge in [0.25, 0.3) is 0 Å². The molecule has 0 amide bonds. The number of rotatable bonds is 3. The second-order valence-electron chi connectivity index (χ2n) is 6.44. The lowest BCUT2D eigenvalue weighted by Crippen LogP contribution is -2.40. The Bertz CT molecular complexity index is 235. The van der Waals surface area contributed by atoms with Gasteiger partial charge in [-0.15, -0.1) is 12.4 Å². The topological polar surface area (TPSA) is 15.3 Å². The van der Waals surface area contributed by atoms with Crippen LogP contribution in [0.2, 0.25) is 0 Å². The smallest absolute Gasteiger partial charge is 0.0124 e. The Kier molecular flexibility index (Phi) is 5.78. The van der Waals surface area contributed by atoms with Crippen molar-refractivity contribution in [2.24, 2.45) is 11.8 Å². The predicted octanol–water partition coefficient (Wildman–Crippen LogP) is 3.06. The summed E-state index contributed by atoms with van der Waals surface area (Å²) in [7, 11) is 0. The molecule has 106 valence electrons. The predicted molar refractivity (Wildman–Crippen MR) is 79.4 cm³/mol. The molecule has 0 aromatic carbocycles. The van der Waals surface area contributed by atoms with E-state index in [1.807, 2.05) is 0 Å². The van der Waals surface area contributed by atoms with E-state index in [1.165, 1.54) is 77.5 Å². The van der Waals surface area contributed by atoms with Gasteiger partial charge in [0.1, 0.15) is 0 Å². The molecule has 1 saturated carbocycles. The van der Waals surface area contributed by atoms with Gasteiger partial charge in [-0.05, 0) is 70.0 Å². The van der Waals surface area contributed by atoms with E-state index in [0.29, 0.717) is 0 Å². The van der Waals surface area contributed by atoms with Gasteiger partial charge in [0.05, 0.1) is 0 Å². The molecule has 18 heavy (non-hydrogen) atoms. The number of nitrogens with zero attached hydrogens (tertiary/aromatic N) is 1. The quantitative estimate of drug-likeness (QED) is 0.850. The first-order valence-corrected chi connectivity index (χ1v) is 7.88. The van der Waals surface area contributed by atoms with Crippen molar-refractivity contribution in [1.29, 1.82) is 0 Å². The third-order valence-electron chi connectivity index (χ3n) is 5.31. The molecule has 3 heteroatoms. The summed E-state index contributed by atoms with van der Waals surface area (Å²) in [5.41, 5.74) is 0. The van der Waals surface area contributed by atoms with Crippen LogP contribution < -0.4 is 5.32 Å². The van der Waals surface area contributed by atoms with Crippen LogP contribution in [-0.2, 0) is 0 Å². The summed E-state index contributed by atoms with van der Waals surface area (Å²) in [4.78, 5) is 2.87. The lowest BCUT2D eigenvalue weighted by molar-refractivity contribution is 0.151. The van der Waals surface area contributed by atoms with Crippen molar-refractivity contribution in [3.63, 3.8) is 0 Å². The minimum atomic E-state index is 0. The summed E-state index contributed by atoms with van der Waals surface area (Å²) in [6.45, 7) is 5.31. The van der Waals surface area contributed by atoms with Crippen molar-refractivity contribution in [3.05, 3.63) is 0 Å². The van der Waals surface area contributed by atoms with E-state index < -0.39 is 0 Å². The Morgan fingerprint density at radius 1 is 0.889 bits per heavy atom. The minimum Gasteiger partial charge on any atom is -0.317 e. The largest absolute Gasteiger partial charge is 0.317 e. The van der Waals surface area contributed by atoms with Gasteiger partial charge in [0.15, 0.2) is 0 Å². The summed E-state index contributed by atoms with van der Waals surface area (Å²) < 4.78 is 0. The molecule has 3 fully saturated rings. The molecule has 1 atom stereocenters. The van der Waals surface area contributed by atoms with E-state index in [2.05, 4.69) is 10.2 Å². The molecular formula is C15H29ClN2. The first-order valence-electron chi connectivity index (χ1n) is 7.88. The number of hydrogen-bond acceptors (Lipinski definition) is 2. The molecule has 2 nitrogen and oxygen atoms in total. The SMILES string of the molecule is C1CCC(C2CCCN2CC2CCNCC2)C1.Cl. The Balaban J connectivity index is 0.00000120. The summed E-state index contributed by atoms with van der Waals surface area (Å²) >= 11 is 0. The normalized spacial score (nSPS) is 31.7. The van der Waals surface area contributed by atoms with Gasteiger partial charge in [0.2, 0.25) is 0 Å². The number of nitrogens with one attached hydrogen (secondary N) is 1. The number of likely N-dealkylation sites (tertiary alicyclic amines) is 1. The number of halogens is 1. The van der Waals surface area contributed by atoms with Crippen LogP contribution in [0.4, 0.5) is 0 Å². The maximum absolute atomic E-state index is 3.49. The fourth-order valence-corrected chi connectivity index (χ4v) is 4.35. The molecule has 2 aliphatic heterocycles. The Labute approximate surface area is 118 Å². The standard InChI is InChI=1S/C15H28N2.ClH/c1-2-5-14(4-1)15-6-3-11-17(15)12-13-7-9-16-10-8-13;/h13-16H,1-12H2;1H. The first-order chi connectivity index (χ1) is 8.43. The molecule has 2 saturated heterocycles. The molecule has 0 aromatic heterocycles. The van der Waals surface area contributed by atoms with Crippen LogP contribution in [0.25, 0.3) is 0 Å². The summed E-state index contributed by atoms with van der Waals surface area (Å²) in [5, 5.41) is 3.49. The van der Waals surface area contributed by atoms with Crippen LogP contribution in [0, 0.1) is 11.8 Å². The zero-order valence-electron chi connectivity index (χ0n) is 11.6. The van der Waals surface area contributed by atoms with E-state index in [4.69, 9.17) is 0 Å². The van der Waals surface area contributed by atoms with Crippen molar-refractivity contribution in [3.8, 4) is 0 Å². The van der Waals surface area contributed by atoms with E-state index in [-0.39, 0.29) is 12.4 Å². The Hall–Kier alpha value is 0.210. The molecule has 0 radical (unpaired) electrons. The van der Waals surface area contributed by atoms with E-state index in [0.717, 1.165) is 17.9 Å². The van der Waals surface area contributed by atoms with Crippen LogP contribution >= 0.6 is 12.4 Å². The van der Waals surface area contributed by atoms with Crippen molar-refractivity contribution < 1.29 is 0 Å². The molecule has 0 bridgehead atoms. The fraction of sp³-hybridized carbons (Fsp3) is 1.00. The summed E-state index contributed by atoms with van der Waals surface area (Å²) in [5.74, 6) is 2.04. The highest BCUT2D eigenvalue weighted by molar-refractivity contribution is 5.85. The monoisotopic (exact) mass is 272 g/mol. The molecule has 0 aromatic rings. The Morgan fingerprint density at radius 2 is 1.61 bits per heavy atom. The average molecular weight is 273 g/mol. The van der Waals surface area contributed by atoms with Gasteiger partial charge in [-0.25, -0.2) is 0 Å². The van der Waals surface area contributed by atoms with Crippen LogP contribution in [-0.4, -0.2) is 37.1 Å². The zero-order chi connectivity index (χ0) is 11.5. The Morgan fingerprint density at radius 3 is 2.33 bits per heavy atom. The highest BCUT2D eigenvalue weighted by Gasteiger charge is 2.34.